The first-order valence-electron chi connectivity index (χ1n) is 5.80. The van der Waals surface area contributed by atoms with Crippen LogP contribution in [0.2, 0.25) is 0 Å². The molecule has 0 radical (unpaired) electrons. The van der Waals surface area contributed by atoms with E-state index in [2.05, 4.69) is 4.74 Å². The Hall–Kier alpha value is -1.08. The predicted molar refractivity (Wildman–Crippen MR) is 65.1 cm³/mol. The summed E-state index contributed by atoms with van der Waals surface area (Å²) in [5.41, 5.74) is 0. The molecule has 1 aromatic heterocycles. The number of halogens is 3. The van der Waals surface area contributed by atoms with E-state index in [9.17, 15) is 18.0 Å². The van der Waals surface area contributed by atoms with E-state index in [0.29, 0.717) is 6.42 Å². The fraction of sp³-hybridized carbons (Fsp3) is 0.583. The van der Waals surface area contributed by atoms with Crippen molar-refractivity contribution in [1.82, 2.24) is 0 Å². The Kier molecular flexibility index (Phi) is 5.81. The molecule has 19 heavy (non-hydrogen) atoms. The van der Waals surface area contributed by atoms with Crippen molar-refractivity contribution in [3.05, 3.63) is 22.4 Å². The quantitative estimate of drug-likeness (QED) is 0.792. The van der Waals surface area contributed by atoms with Crippen molar-refractivity contribution in [3.63, 3.8) is 0 Å². The summed E-state index contributed by atoms with van der Waals surface area (Å²) in [5, 5.41) is 10.2. The number of hydrogen-bond donors (Lipinski definition) is 1. The Morgan fingerprint density at radius 3 is 2.74 bits per heavy atom. The highest BCUT2D eigenvalue weighted by molar-refractivity contribution is 7.10. The van der Waals surface area contributed by atoms with Crippen molar-refractivity contribution in [2.45, 2.75) is 32.0 Å². The molecule has 108 valence electrons. The monoisotopic (exact) mass is 296 g/mol. The van der Waals surface area contributed by atoms with Crippen LogP contribution < -0.4 is 0 Å². The molecule has 2 unspecified atom stereocenters. The first kappa shape index (κ1) is 16.0. The summed E-state index contributed by atoms with van der Waals surface area (Å²) in [4.78, 5) is 10.6. The second-order valence-corrected chi connectivity index (χ2v) is 5.00. The van der Waals surface area contributed by atoms with Crippen molar-refractivity contribution >= 4 is 17.3 Å². The van der Waals surface area contributed by atoms with Gasteiger partial charge in [-0.1, -0.05) is 13.0 Å². The zero-order valence-corrected chi connectivity index (χ0v) is 11.1. The Morgan fingerprint density at radius 2 is 2.26 bits per heavy atom. The predicted octanol–water partition coefficient (Wildman–Crippen LogP) is 3.87. The van der Waals surface area contributed by atoms with Gasteiger partial charge in [-0.15, -0.1) is 11.3 Å². The van der Waals surface area contributed by atoms with Crippen LogP contribution in [0.1, 0.15) is 30.8 Å². The Bertz CT molecular complexity index is 395. The van der Waals surface area contributed by atoms with E-state index in [1.807, 2.05) is 0 Å². The van der Waals surface area contributed by atoms with Crippen molar-refractivity contribution in [2.75, 3.05) is 6.61 Å². The van der Waals surface area contributed by atoms with E-state index >= 15 is 0 Å². The number of carbonyl (C=O) groups is 1. The van der Waals surface area contributed by atoms with Crippen LogP contribution in [-0.2, 0) is 9.53 Å². The van der Waals surface area contributed by atoms with Gasteiger partial charge in [-0.2, -0.15) is 8.78 Å². The molecule has 0 bridgehead atoms. The van der Waals surface area contributed by atoms with Crippen molar-refractivity contribution in [3.8, 4) is 0 Å². The number of ether oxygens (including phenoxy) is 1. The van der Waals surface area contributed by atoms with Crippen LogP contribution in [0.5, 0.6) is 0 Å². The average molecular weight is 296 g/mol. The molecule has 0 saturated heterocycles. The molecule has 1 rings (SSSR count). The number of rotatable bonds is 8. The minimum absolute atomic E-state index is 0.0708. The Labute approximate surface area is 113 Å². The smallest absolute Gasteiger partial charge is 0.391 e. The van der Waals surface area contributed by atoms with Gasteiger partial charge in [0.25, 0.3) is 0 Å². The Balaban J connectivity index is 2.49. The molecule has 0 amide bonds. The molecule has 1 N–H and O–H groups in total. The third-order valence-electron chi connectivity index (χ3n) is 2.69. The molecular weight excluding hydrogens is 281 g/mol. The summed E-state index contributed by atoms with van der Waals surface area (Å²) in [6, 6.07) is 2.74. The number of carboxylic acids is 1. The van der Waals surface area contributed by atoms with E-state index in [-0.39, 0.29) is 11.3 Å². The SMILES string of the molecule is CCC(CCOC(F)(F)C(F)c1cccs1)C(=O)O. The maximum atomic E-state index is 13.5. The number of aliphatic carboxylic acids is 1. The summed E-state index contributed by atoms with van der Waals surface area (Å²) in [5.74, 6) is -1.82. The molecule has 7 heteroatoms. The number of alkyl halides is 3. The molecule has 2 atom stereocenters. The van der Waals surface area contributed by atoms with E-state index in [1.165, 1.54) is 17.5 Å². The lowest BCUT2D eigenvalue weighted by Crippen LogP contribution is -2.28. The molecule has 0 spiro atoms. The lowest BCUT2D eigenvalue weighted by molar-refractivity contribution is -0.276. The van der Waals surface area contributed by atoms with Crippen molar-refractivity contribution in [2.24, 2.45) is 5.92 Å². The third-order valence-corrected chi connectivity index (χ3v) is 3.60. The molecule has 1 heterocycles. The molecule has 0 aliphatic carbocycles. The average Bonchev–Trinajstić information content (AvgIpc) is 2.86. The van der Waals surface area contributed by atoms with E-state index in [0.717, 1.165) is 11.3 Å². The zero-order valence-electron chi connectivity index (χ0n) is 10.3. The highest BCUT2D eigenvalue weighted by Gasteiger charge is 2.43. The van der Waals surface area contributed by atoms with Gasteiger partial charge in [0.15, 0.2) is 0 Å². The normalized spacial score (nSPS) is 15.2. The zero-order chi connectivity index (χ0) is 14.5. The summed E-state index contributed by atoms with van der Waals surface area (Å²) >= 11 is 0.878. The standard InChI is InChI=1S/C12H15F3O3S/c1-2-8(11(16)17)5-6-18-12(14,15)10(13)9-4-3-7-19-9/h3-4,7-8,10H,2,5-6H2,1H3,(H,16,17). The largest absolute Gasteiger partial charge is 0.481 e. The van der Waals surface area contributed by atoms with Crippen LogP contribution in [0, 0.1) is 5.92 Å². The lowest BCUT2D eigenvalue weighted by atomic mass is 10.0. The van der Waals surface area contributed by atoms with Gasteiger partial charge >= 0.3 is 12.1 Å². The van der Waals surface area contributed by atoms with Gasteiger partial charge in [0.05, 0.1) is 12.5 Å². The van der Waals surface area contributed by atoms with Crippen LogP contribution in [0.3, 0.4) is 0 Å². The van der Waals surface area contributed by atoms with E-state index in [1.54, 1.807) is 6.92 Å². The molecule has 0 fully saturated rings. The van der Waals surface area contributed by atoms with Gasteiger partial charge < -0.3 is 9.84 Å². The van der Waals surface area contributed by atoms with Gasteiger partial charge in [-0.25, -0.2) is 4.39 Å². The molecule has 0 saturated carbocycles. The summed E-state index contributed by atoms with van der Waals surface area (Å²) in [6.07, 6.45) is -6.23. The first-order valence-corrected chi connectivity index (χ1v) is 6.68. The highest BCUT2D eigenvalue weighted by Crippen LogP contribution is 2.38. The lowest BCUT2D eigenvalue weighted by Gasteiger charge is -2.20. The van der Waals surface area contributed by atoms with Crippen LogP contribution in [0.15, 0.2) is 17.5 Å². The summed E-state index contributed by atoms with van der Waals surface area (Å²) in [6.45, 7) is 1.14. The second kappa shape index (κ2) is 6.91. The van der Waals surface area contributed by atoms with Crippen LogP contribution in [0.4, 0.5) is 13.2 Å². The minimum atomic E-state index is -3.94. The van der Waals surface area contributed by atoms with Crippen LogP contribution in [0.25, 0.3) is 0 Å². The molecule has 0 aliphatic heterocycles. The van der Waals surface area contributed by atoms with Crippen LogP contribution >= 0.6 is 11.3 Å². The minimum Gasteiger partial charge on any atom is -0.481 e. The Morgan fingerprint density at radius 1 is 1.58 bits per heavy atom. The van der Waals surface area contributed by atoms with Crippen molar-refractivity contribution < 1.29 is 27.8 Å². The summed E-state index contributed by atoms with van der Waals surface area (Å²) < 4.78 is 44.6. The van der Waals surface area contributed by atoms with Crippen LogP contribution in [-0.4, -0.2) is 23.8 Å². The number of hydrogen-bond acceptors (Lipinski definition) is 3. The highest BCUT2D eigenvalue weighted by atomic mass is 32.1. The first-order chi connectivity index (χ1) is 8.88. The molecular formula is C12H15F3O3S. The fourth-order valence-corrected chi connectivity index (χ4v) is 2.24. The van der Waals surface area contributed by atoms with E-state index < -0.39 is 30.8 Å². The third kappa shape index (κ3) is 4.50. The van der Waals surface area contributed by atoms with Crippen molar-refractivity contribution in [1.29, 1.82) is 0 Å². The molecule has 0 aliphatic rings. The molecule has 0 aromatic carbocycles. The van der Waals surface area contributed by atoms with Gasteiger partial charge in [0.1, 0.15) is 0 Å². The number of thiophene rings is 1. The van der Waals surface area contributed by atoms with Gasteiger partial charge in [0.2, 0.25) is 6.17 Å². The molecule has 3 nitrogen and oxygen atoms in total. The van der Waals surface area contributed by atoms with Gasteiger partial charge in [0, 0.05) is 4.88 Å². The molecule has 1 aromatic rings. The van der Waals surface area contributed by atoms with E-state index in [4.69, 9.17) is 5.11 Å². The maximum Gasteiger partial charge on any atom is 0.391 e. The topological polar surface area (TPSA) is 46.5 Å². The van der Waals surface area contributed by atoms with Gasteiger partial charge in [-0.05, 0) is 24.3 Å². The summed E-state index contributed by atoms with van der Waals surface area (Å²) in [7, 11) is 0. The maximum absolute atomic E-state index is 13.5. The number of carboxylic acid groups (broad SMARTS) is 1. The fourth-order valence-electron chi connectivity index (χ4n) is 1.51. The van der Waals surface area contributed by atoms with Gasteiger partial charge in [-0.3, -0.25) is 4.79 Å². The second-order valence-electron chi connectivity index (χ2n) is 4.02.